The second kappa shape index (κ2) is 8.79. The minimum absolute atomic E-state index is 0.0559. The number of rotatable bonds is 7. The Labute approximate surface area is 133 Å². The van der Waals surface area contributed by atoms with Gasteiger partial charge in [-0.05, 0) is 30.7 Å². The molecule has 0 radical (unpaired) electrons. The maximum Gasteiger partial charge on any atom is 0.226 e. The third-order valence-electron chi connectivity index (χ3n) is 3.08. The van der Waals surface area contributed by atoms with Crippen LogP contribution in [0, 0.1) is 6.92 Å². The molecule has 116 valence electrons. The van der Waals surface area contributed by atoms with Crippen LogP contribution in [0.2, 0.25) is 0 Å². The van der Waals surface area contributed by atoms with Crippen molar-refractivity contribution in [2.24, 2.45) is 0 Å². The Balaban J connectivity index is 2.50. The van der Waals surface area contributed by atoms with E-state index in [0.717, 1.165) is 15.7 Å². The quantitative estimate of drug-likeness (QED) is 0.816. The van der Waals surface area contributed by atoms with Gasteiger partial charge in [0.2, 0.25) is 11.8 Å². The van der Waals surface area contributed by atoms with E-state index in [0.29, 0.717) is 19.7 Å². The van der Waals surface area contributed by atoms with Gasteiger partial charge < -0.3 is 15.0 Å². The number of methoxy groups -OCH3 is 1. The zero-order chi connectivity index (χ0) is 15.8. The molecule has 0 aliphatic heterocycles. The van der Waals surface area contributed by atoms with Gasteiger partial charge in [-0.1, -0.05) is 15.9 Å². The Morgan fingerprint density at radius 1 is 1.33 bits per heavy atom. The number of carbonyl (C=O) groups excluding carboxylic acids is 2. The van der Waals surface area contributed by atoms with Crippen LogP contribution in [0.15, 0.2) is 22.7 Å². The standard InChI is InChI=1S/C15H21BrN2O3/c1-11-10-13(16)4-5-14(11)17-15(20)6-7-18(12(2)19)8-9-21-3/h4-5,10H,6-9H2,1-3H3,(H,17,20). The first-order chi connectivity index (χ1) is 9.93. The first-order valence-electron chi connectivity index (χ1n) is 6.74. The number of nitrogens with one attached hydrogen (secondary N) is 1. The van der Waals surface area contributed by atoms with E-state index in [4.69, 9.17) is 4.74 Å². The van der Waals surface area contributed by atoms with Gasteiger partial charge in [-0.2, -0.15) is 0 Å². The normalized spacial score (nSPS) is 10.3. The summed E-state index contributed by atoms with van der Waals surface area (Å²) in [6.07, 6.45) is 0.263. The fourth-order valence-corrected chi connectivity index (χ4v) is 2.32. The molecule has 0 saturated heterocycles. The molecule has 0 fully saturated rings. The Hall–Kier alpha value is -1.40. The molecule has 2 amide bonds. The van der Waals surface area contributed by atoms with Crippen molar-refractivity contribution < 1.29 is 14.3 Å². The lowest BCUT2D eigenvalue weighted by Crippen LogP contribution is -2.34. The lowest BCUT2D eigenvalue weighted by atomic mass is 10.2. The van der Waals surface area contributed by atoms with Gasteiger partial charge in [0.25, 0.3) is 0 Å². The highest BCUT2D eigenvalue weighted by atomic mass is 79.9. The van der Waals surface area contributed by atoms with Crippen molar-refractivity contribution in [1.29, 1.82) is 0 Å². The molecule has 5 nitrogen and oxygen atoms in total. The topological polar surface area (TPSA) is 58.6 Å². The molecule has 21 heavy (non-hydrogen) atoms. The molecule has 0 heterocycles. The molecule has 6 heteroatoms. The Morgan fingerprint density at radius 3 is 2.62 bits per heavy atom. The molecular formula is C15H21BrN2O3. The molecule has 0 saturated carbocycles. The minimum Gasteiger partial charge on any atom is -0.383 e. The van der Waals surface area contributed by atoms with Crippen molar-refractivity contribution in [1.82, 2.24) is 4.90 Å². The van der Waals surface area contributed by atoms with E-state index in [1.807, 2.05) is 25.1 Å². The number of benzene rings is 1. The average molecular weight is 357 g/mol. The van der Waals surface area contributed by atoms with Crippen LogP contribution in [0.1, 0.15) is 18.9 Å². The van der Waals surface area contributed by atoms with Gasteiger partial charge in [0.15, 0.2) is 0 Å². The van der Waals surface area contributed by atoms with Gasteiger partial charge in [0.05, 0.1) is 6.61 Å². The van der Waals surface area contributed by atoms with Crippen LogP contribution < -0.4 is 5.32 Å². The fourth-order valence-electron chi connectivity index (χ4n) is 1.84. The summed E-state index contributed by atoms with van der Waals surface area (Å²) in [6.45, 7) is 4.77. The summed E-state index contributed by atoms with van der Waals surface area (Å²) in [5.74, 6) is -0.163. The van der Waals surface area contributed by atoms with Crippen molar-refractivity contribution >= 4 is 33.4 Å². The number of halogens is 1. The summed E-state index contributed by atoms with van der Waals surface area (Å²) in [5.41, 5.74) is 1.77. The van der Waals surface area contributed by atoms with Crippen molar-refractivity contribution in [2.45, 2.75) is 20.3 Å². The summed E-state index contributed by atoms with van der Waals surface area (Å²) in [6, 6.07) is 5.67. The van der Waals surface area contributed by atoms with E-state index >= 15 is 0 Å². The predicted octanol–water partition coefficient (Wildman–Crippen LogP) is 2.58. The Morgan fingerprint density at radius 2 is 2.05 bits per heavy atom. The molecule has 0 bridgehead atoms. The van der Waals surface area contributed by atoms with Gasteiger partial charge in [-0.25, -0.2) is 0 Å². The van der Waals surface area contributed by atoms with Gasteiger partial charge in [0, 0.05) is 43.7 Å². The van der Waals surface area contributed by atoms with E-state index in [9.17, 15) is 9.59 Å². The molecule has 0 unspecified atom stereocenters. The van der Waals surface area contributed by atoms with Crippen LogP contribution in [-0.2, 0) is 14.3 Å². The lowest BCUT2D eigenvalue weighted by Gasteiger charge is -2.20. The molecule has 0 atom stereocenters. The average Bonchev–Trinajstić information content (AvgIpc) is 2.41. The zero-order valence-electron chi connectivity index (χ0n) is 12.6. The van der Waals surface area contributed by atoms with Crippen LogP contribution in [-0.4, -0.2) is 43.5 Å². The van der Waals surface area contributed by atoms with Gasteiger partial charge in [-0.15, -0.1) is 0 Å². The van der Waals surface area contributed by atoms with E-state index < -0.39 is 0 Å². The van der Waals surface area contributed by atoms with E-state index in [1.54, 1.807) is 12.0 Å². The number of aryl methyl sites for hydroxylation is 1. The largest absolute Gasteiger partial charge is 0.383 e. The third kappa shape index (κ3) is 6.27. The number of ether oxygens (including phenoxy) is 1. The molecule has 1 rings (SSSR count). The van der Waals surface area contributed by atoms with Gasteiger partial charge in [0.1, 0.15) is 0 Å². The van der Waals surface area contributed by atoms with Crippen molar-refractivity contribution in [3.63, 3.8) is 0 Å². The van der Waals surface area contributed by atoms with Crippen LogP contribution in [0.5, 0.6) is 0 Å². The maximum atomic E-state index is 12.0. The van der Waals surface area contributed by atoms with Crippen LogP contribution in [0.4, 0.5) is 5.69 Å². The van der Waals surface area contributed by atoms with E-state index in [-0.39, 0.29) is 18.2 Å². The first kappa shape index (κ1) is 17.7. The summed E-state index contributed by atoms with van der Waals surface area (Å²) in [4.78, 5) is 25.0. The minimum atomic E-state index is -0.107. The second-order valence-electron chi connectivity index (χ2n) is 4.76. The predicted molar refractivity (Wildman–Crippen MR) is 86.3 cm³/mol. The van der Waals surface area contributed by atoms with Crippen LogP contribution in [0.25, 0.3) is 0 Å². The molecule has 1 aromatic rings. The summed E-state index contributed by atoms with van der Waals surface area (Å²) < 4.78 is 5.93. The number of nitrogens with zero attached hydrogens (tertiary/aromatic N) is 1. The maximum absolute atomic E-state index is 12.0. The van der Waals surface area contributed by atoms with E-state index in [1.165, 1.54) is 6.92 Å². The molecule has 0 aliphatic rings. The molecule has 0 aromatic heterocycles. The second-order valence-corrected chi connectivity index (χ2v) is 5.67. The zero-order valence-corrected chi connectivity index (χ0v) is 14.2. The third-order valence-corrected chi connectivity index (χ3v) is 3.58. The number of hydrogen-bond acceptors (Lipinski definition) is 3. The van der Waals surface area contributed by atoms with Crippen molar-refractivity contribution in [2.75, 3.05) is 32.1 Å². The Kier molecular flexibility index (Phi) is 7.39. The van der Waals surface area contributed by atoms with Crippen molar-refractivity contribution in [3.8, 4) is 0 Å². The highest BCUT2D eigenvalue weighted by molar-refractivity contribution is 9.10. The van der Waals surface area contributed by atoms with Crippen molar-refractivity contribution in [3.05, 3.63) is 28.2 Å². The summed E-state index contributed by atoms with van der Waals surface area (Å²) in [5, 5.41) is 2.86. The van der Waals surface area contributed by atoms with E-state index in [2.05, 4.69) is 21.2 Å². The highest BCUT2D eigenvalue weighted by Gasteiger charge is 2.11. The highest BCUT2D eigenvalue weighted by Crippen LogP contribution is 2.20. The monoisotopic (exact) mass is 356 g/mol. The molecular weight excluding hydrogens is 336 g/mol. The number of carbonyl (C=O) groups is 2. The number of hydrogen-bond donors (Lipinski definition) is 1. The van der Waals surface area contributed by atoms with Crippen LogP contribution in [0.3, 0.4) is 0 Å². The molecule has 1 aromatic carbocycles. The molecule has 0 aliphatic carbocycles. The first-order valence-corrected chi connectivity index (χ1v) is 7.53. The smallest absolute Gasteiger partial charge is 0.226 e. The van der Waals surface area contributed by atoms with Gasteiger partial charge in [-0.3, -0.25) is 9.59 Å². The fraction of sp³-hybridized carbons (Fsp3) is 0.467. The lowest BCUT2D eigenvalue weighted by molar-refractivity contribution is -0.130. The van der Waals surface area contributed by atoms with Gasteiger partial charge >= 0.3 is 0 Å². The SMILES string of the molecule is COCCN(CCC(=O)Nc1ccc(Br)cc1C)C(C)=O. The molecule has 0 spiro atoms. The summed E-state index contributed by atoms with van der Waals surface area (Å²) in [7, 11) is 1.58. The number of anilines is 1. The number of amides is 2. The molecule has 1 N–H and O–H groups in total. The summed E-state index contributed by atoms with van der Waals surface area (Å²) >= 11 is 3.38. The van der Waals surface area contributed by atoms with Crippen LogP contribution >= 0.6 is 15.9 Å². The Bertz CT molecular complexity index is 506.